The van der Waals surface area contributed by atoms with Crippen LogP contribution in [0.1, 0.15) is 24.2 Å². The molecule has 1 amide bonds. The average Bonchev–Trinajstić information content (AvgIpc) is 2.43. The van der Waals surface area contributed by atoms with Crippen molar-refractivity contribution in [3.63, 3.8) is 0 Å². The van der Waals surface area contributed by atoms with Crippen LogP contribution in [0.4, 0.5) is 0 Å². The van der Waals surface area contributed by atoms with Gasteiger partial charge in [-0.2, -0.15) is 0 Å². The maximum Gasteiger partial charge on any atom is 0.262 e. The van der Waals surface area contributed by atoms with Gasteiger partial charge in [0, 0.05) is 5.56 Å². The van der Waals surface area contributed by atoms with Crippen LogP contribution in [0.25, 0.3) is 0 Å². The number of alkyl halides is 3. The maximum atomic E-state index is 12.4. The molecule has 1 saturated heterocycles. The molecule has 2 rings (SSSR count). The van der Waals surface area contributed by atoms with Gasteiger partial charge in [-0.3, -0.25) is 10.1 Å². The van der Waals surface area contributed by atoms with Gasteiger partial charge in [-0.1, -0.05) is 53.0 Å². The summed E-state index contributed by atoms with van der Waals surface area (Å²) < 4.78 is 4.11. The van der Waals surface area contributed by atoms with Crippen molar-refractivity contribution in [2.45, 2.75) is 36.0 Å². The van der Waals surface area contributed by atoms with Crippen molar-refractivity contribution in [1.82, 2.24) is 5.32 Å². The topological polar surface area (TPSA) is 42.8 Å². The van der Waals surface area contributed by atoms with Gasteiger partial charge in [-0.05, 0) is 26.0 Å². The van der Waals surface area contributed by atoms with Crippen LogP contribution in [-0.4, -0.2) is 41.2 Å². The van der Waals surface area contributed by atoms with Crippen molar-refractivity contribution < 1.29 is 14.4 Å². The highest BCUT2D eigenvalue weighted by atomic mass is 35.6. The van der Waals surface area contributed by atoms with Gasteiger partial charge < -0.3 is 9.64 Å². The molecule has 7 heteroatoms. The van der Waals surface area contributed by atoms with E-state index in [0.717, 1.165) is 4.90 Å². The van der Waals surface area contributed by atoms with E-state index in [1.54, 1.807) is 24.3 Å². The monoisotopic (exact) mass is 365 g/mol. The Morgan fingerprint density at radius 3 is 2.27 bits per heavy atom. The van der Waals surface area contributed by atoms with Crippen LogP contribution in [0.5, 0.6) is 0 Å². The number of carbonyl (C=O) groups excluding carboxylic acids is 1. The third-order valence-electron chi connectivity index (χ3n) is 3.61. The van der Waals surface area contributed by atoms with Gasteiger partial charge in [0.05, 0.1) is 0 Å². The number of halogens is 3. The number of morpholine rings is 1. The van der Waals surface area contributed by atoms with Crippen LogP contribution in [0.2, 0.25) is 0 Å². The minimum absolute atomic E-state index is 0.0437. The quantitative estimate of drug-likeness (QED) is 0.801. The minimum atomic E-state index is -1.60. The van der Waals surface area contributed by atoms with E-state index >= 15 is 0 Å². The molecule has 4 nitrogen and oxygen atoms in total. The summed E-state index contributed by atoms with van der Waals surface area (Å²) >= 11 is 18.3. The van der Waals surface area contributed by atoms with E-state index in [9.17, 15) is 4.79 Å². The summed E-state index contributed by atoms with van der Waals surface area (Å²) in [7, 11) is 0. The molecule has 0 radical (unpaired) electrons. The van der Waals surface area contributed by atoms with Gasteiger partial charge in [0.15, 0.2) is 0 Å². The molecule has 1 aromatic rings. The summed E-state index contributed by atoms with van der Waals surface area (Å²) in [6.07, 6.45) is -0.552. The number of quaternary nitrogens is 1. The number of hydrogen-bond donors (Lipinski definition) is 2. The van der Waals surface area contributed by atoms with E-state index < -0.39 is 9.96 Å². The first-order chi connectivity index (χ1) is 10.3. The van der Waals surface area contributed by atoms with Crippen LogP contribution in [0.15, 0.2) is 30.3 Å². The second-order valence-corrected chi connectivity index (χ2v) is 8.01. The molecule has 0 bridgehead atoms. The molecule has 0 saturated carbocycles. The van der Waals surface area contributed by atoms with E-state index in [1.807, 2.05) is 19.9 Å². The van der Waals surface area contributed by atoms with Crippen LogP contribution >= 0.6 is 34.8 Å². The van der Waals surface area contributed by atoms with E-state index in [2.05, 4.69) is 5.32 Å². The molecule has 1 aliphatic rings. The van der Waals surface area contributed by atoms with Gasteiger partial charge in [0.25, 0.3) is 9.70 Å². The molecule has 22 heavy (non-hydrogen) atoms. The zero-order valence-corrected chi connectivity index (χ0v) is 14.8. The predicted molar refractivity (Wildman–Crippen MR) is 88.7 cm³/mol. The lowest BCUT2D eigenvalue weighted by Gasteiger charge is -2.39. The Hall–Kier alpha value is -0.520. The predicted octanol–water partition coefficient (Wildman–Crippen LogP) is 1.80. The van der Waals surface area contributed by atoms with E-state index in [0.29, 0.717) is 18.7 Å². The summed E-state index contributed by atoms with van der Waals surface area (Å²) in [5, 5.41) is 2.86. The number of benzene rings is 1. The van der Waals surface area contributed by atoms with Crippen molar-refractivity contribution in [2.24, 2.45) is 0 Å². The van der Waals surface area contributed by atoms with Crippen LogP contribution in [0, 0.1) is 0 Å². The highest BCUT2D eigenvalue weighted by Crippen LogP contribution is 2.28. The van der Waals surface area contributed by atoms with E-state index in [1.165, 1.54) is 0 Å². The first kappa shape index (κ1) is 17.8. The fourth-order valence-electron chi connectivity index (χ4n) is 2.77. The molecular formula is C15H20Cl3N2O2+. The number of nitrogens with one attached hydrogen (secondary N) is 2. The Morgan fingerprint density at radius 1 is 1.23 bits per heavy atom. The molecule has 1 unspecified atom stereocenters. The number of hydrogen-bond acceptors (Lipinski definition) is 2. The zero-order chi connectivity index (χ0) is 16.3. The van der Waals surface area contributed by atoms with Crippen molar-refractivity contribution in [1.29, 1.82) is 0 Å². The average molecular weight is 367 g/mol. The Labute approximate surface area is 145 Å². The largest absolute Gasteiger partial charge is 0.364 e. The molecule has 1 aromatic carbocycles. The van der Waals surface area contributed by atoms with Gasteiger partial charge in [-0.15, -0.1) is 0 Å². The Bertz CT molecular complexity index is 497. The second kappa shape index (κ2) is 7.37. The molecule has 122 valence electrons. The summed E-state index contributed by atoms with van der Waals surface area (Å²) in [5.41, 5.74) is 0.538. The van der Waals surface area contributed by atoms with Crippen molar-refractivity contribution >= 4 is 40.7 Å². The molecule has 0 aromatic heterocycles. The lowest BCUT2D eigenvalue weighted by atomic mass is 10.2. The molecule has 0 spiro atoms. The van der Waals surface area contributed by atoms with Crippen LogP contribution in [0.3, 0.4) is 0 Å². The van der Waals surface area contributed by atoms with Crippen molar-refractivity contribution in [3.8, 4) is 0 Å². The zero-order valence-electron chi connectivity index (χ0n) is 12.5. The summed E-state index contributed by atoms with van der Waals surface area (Å²) in [6, 6.07) is 8.89. The molecule has 0 aliphatic carbocycles. The summed E-state index contributed by atoms with van der Waals surface area (Å²) in [5.74, 6) is -0.253. The minimum Gasteiger partial charge on any atom is -0.364 e. The Balaban J connectivity index is 2.15. The molecule has 1 aliphatic heterocycles. The Morgan fingerprint density at radius 2 is 1.77 bits per heavy atom. The van der Waals surface area contributed by atoms with Crippen LogP contribution < -0.4 is 10.2 Å². The highest BCUT2D eigenvalue weighted by molar-refractivity contribution is 6.68. The summed E-state index contributed by atoms with van der Waals surface area (Å²) in [6.45, 7) is 5.28. The molecule has 2 N–H and O–H groups in total. The van der Waals surface area contributed by atoms with Gasteiger partial charge in [0.2, 0.25) is 6.17 Å². The normalized spacial score (nSPS) is 27.2. The lowest BCUT2D eigenvalue weighted by Crippen LogP contribution is -3.22. The molecular weight excluding hydrogens is 347 g/mol. The Kier molecular flexibility index (Phi) is 5.97. The van der Waals surface area contributed by atoms with Crippen LogP contribution in [-0.2, 0) is 4.74 Å². The van der Waals surface area contributed by atoms with E-state index in [-0.39, 0.29) is 18.1 Å². The summed E-state index contributed by atoms with van der Waals surface area (Å²) in [4.78, 5) is 13.4. The van der Waals surface area contributed by atoms with Gasteiger partial charge >= 0.3 is 0 Å². The molecule has 1 heterocycles. The number of rotatable bonds is 3. The molecule has 1 fully saturated rings. The highest BCUT2D eigenvalue weighted by Gasteiger charge is 2.44. The third-order valence-corrected chi connectivity index (χ3v) is 4.27. The third kappa shape index (κ3) is 4.74. The smallest absolute Gasteiger partial charge is 0.262 e. The number of ether oxygens (including phenoxy) is 1. The van der Waals surface area contributed by atoms with E-state index in [4.69, 9.17) is 39.5 Å². The maximum absolute atomic E-state index is 12.4. The van der Waals surface area contributed by atoms with Crippen molar-refractivity contribution in [2.75, 3.05) is 13.1 Å². The van der Waals surface area contributed by atoms with Gasteiger partial charge in [0.1, 0.15) is 25.3 Å². The number of carbonyl (C=O) groups is 1. The lowest BCUT2D eigenvalue weighted by molar-refractivity contribution is -0.941. The second-order valence-electron chi connectivity index (χ2n) is 5.64. The van der Waals surface area contributed by atoms with Gasteiger partial charge in [-0.25, -0.2) is 0 Å². The first-order valence-electron chi connectivity index (χ1n) is 7.20. The van der Waals surface area contributed by atoms with Crippen molar-refractivity contribution in [3.05, 3.63) is 35.9 Å². The first-order valence-corrected chi connectivity index (χ1v) is 8.33. The fourth-order valence-corrected chi connectivity index (χ4v) is 3.40. The standard InChI is InChI=1S/C15H19Cl3N2O2/c1-10-8-20(9-11(2)22-10)14(15(16,17)18)19-13(21)12-6-4-3-5-7-12/h3-7,10-11,14H,8-9H2,1-2H3,(H,19,21)/p+1/t10-,11+,14-/m0/s1. The number of amides is 1. The molecule has 4 atom stereocenters. The fraction of sp³-hybridized carbons (Fsp3) is 0.533. The SMILES string of the molecule is C[C@@H]1C[NH+]([C@H](NC(=O)c2ccccc2)C(Cl)(Cl)Cl)C[C@H](C)O1.